The molecule has 1 atom stereocenters. The van der Waals surface area contributed by atoms with Crippen molar-refractivity contribution < 1.29 is 4.79 Å². The third kappa shape index (κ3) is 4.22. The summed E-state index contributed by atoms with van der Waals surface area (Å²) in [5, 5.41) is 5.62. The van der Waals surface area contributed by atoms with E-state index in [0.717, 1.165) is 30.9 Å². The SMILES string of the molecule is Cc1ccccc1-n1ncc2c(=O)n3c(nc21)SCC3CC(=O)N1CCN(Cc2ccccc2)CC1. The summed E-state index contributed by atoms with van der Waals surface area (Å²) >= 11 is 1.54. The van der Waals surface area contributed by atoms with Crippen molar-refractivity contribution >= 4 is 28.7 Å². The largest absolute Gasteiger partial charge is 0.340 e. The fourth-order valence-corrected chi connectivity index (χ4v) is 6.22. The van der Waals surface area contributed by atoms with Crippen LogP contribution in [-0.2, 0) is 11.3 Å². The lowest BCUT2D eigenvalue weighted by molar-refractivity contribution is -0.133. The highest BCUT2D eigenvalue weighted by Gasteiger charge is 2.31. The fourth-order valence-electron chi connectivity index (χ4n) is 5.09. The van der Waals surface area contributed by atoms with Crippen LogP contribution in [0, 0.1) is 6.92 Å². The number of thioether (sulfide) groups is 1. The van der Waals surface area contributed by atoms with E-state index in [9.17, 15) is 9.59 Å². The van der Waals surface area contributed by atoms with Gasteiger partial charge in [0.2, 0.25) is 5.91 Å². The lowest BCUT2D eigenvalue weighted by atomic mass is 10.1. The molecule has 0 radical (unpaired) electrons. The summed E-state index contributed by atoms with van der Waals surface area (Å²) in [5.74, 6) is 0.780. The molecule has 0 aliphatic carbocycles. The Kier molecular flexibility index (Phi) is 6.10. The van der Waals surface area contributed by atoms with Crippen molar-refractivity contribution in [3.05, 3.63) is 82.3 Å². The molecule has 8 nitrogen and oxygen atoms in total. The van der Waals surface area contributed by atoms with Gasteiger partial charge in [0.05, 0.1) is 17.9 Å². The number of nitrogens with zero attached hydrogens (tertiary/aromatic N) is 6. The number of carbonyl (C=O) groups is 1. The number of aryl methyl sites for hydroxylation is 1. The van der Waals surface area contributed by atoms with Crippen molar-refractivity contribution in [2.45, 2.75) is 31.1 Å². The minimum Gasteiger partial charge on any atom is -0.340 e. The number of para-hydroxylation sites is 1. The van der Waals surface area contributed by atoms with Gasteiger partial charge in [0.1, 0.15) is 5.39 Å². The fraction of sp³-hybridized carbons (Fsp3) is 0.333. The van der Waals surface area contributed by atoms with Crippen LogP contribution in [0.15, 0.2) is 70.7 Å². The summed E-state index contributed by atoms with van der Waals surface area (Å²) < 4.78 is 3.45. The lowest BCUT2D eigenvalue weighted by Gasteiger charge is -2.35. The second-order valence-electron chi connectivity index (χ2n) is 9.46. The molecule has 6 rings (SSSR count). The molecule has 2 aromatic heterocycles. The molecule has 2 aromatic carbocycles. The van der Waals surface area contributed by atoms with Crippen LogP contribution in [0.4, 0.5) is 0 Å². The maximum absolute atomic E-state index is 13.5. The van der Waals surface area contributed by atoms with Crippen LogP contribution in [0.5, 0.6) is 0 Å². The maximum Gasteiger partial charge on any atom is 0.265 e. The predicted octanol–water partition coefficient (Wildman–Crippen LogP) is 3.27. The molecular weight excluding hydrogens is 472 g/mol. The Morgan fingerprint density at radius 3 is 2.56 bits per heavy atom. The van der Waals surface area contributed by atoms with Gasteiger partial charge in [-0.3, -0.25) is 19.1 Å². The summed E-state index contributed by atoms with van der Waals surface area (Å²) in [4.78, 5) is 35.8. The molecule has 1 fully saturated rings. The number of hydrogen-bond donors (Lipinski definition) is 0. The van der Waals surface area contributed by atoms with E-state index in [-0.39, 0.29) is 17.5 Å². The Balaban J connectivity index is 1.16. The van der Waals surface area contributed by atoms with E-state index in [1.165, 1.54) is 17.3 Å². The van der Waals surface area contributed by atoms with Crippen molar-refractivity contribution in [2.75, 3.05) is 31.9 Å². The third-order valence-corrected chi connectivity index (χ3v) is 8.20. The lowest BCUT2D eigenvalue weighted by Crippen LogP contribution is -2.48. The molecular formula is C27H28N6O2S. The summed E-state index contributed by atoms with van der Waals surface area (Å²) in [7, 11) is 0. The van der Waals surface area contributed by atoms with E-state index in [0.29, 0.717) is 41.5 Å². The van der Waals surface area contributed by atoms with E-state index in [4.69, 9.17) is 4.98 Å². The second-order valence-corrected chi connectivity index (χ2v) is 10.4. The van der Waals surface area contributed by atoms with Gasteiger partial charge in [-0.1, -0.05) is 60.3 Å². The number of aromatic nitrogens is 4. The monoisotopic (exact) mass is 500 g/mol. The van der Waals surface area contributed by atoms with Gasteiger partial charge in [-0.25, -0.2) is 9.67 Å². The summed E-state index contributed by atoms with van der Waals surface area (Å²) in [5.41, 5.74) is 3.70. The molecule has 9 heteroatoms. The van der Waals surface area contributed by atoms with Crippen LogP contribution in [0.3, 0.4) is 0 Å². The van der Waals surface area contributed by atoms with Crippen molar-refractivity contribution in [2.24, 2.45) is 0 Å². The van der Waals surface area contributed by atoms with Crippen molar-refractivity contribution in [1.82, 2.24) is 29.1 Å². The Hall–Kier alpha value is -3.43. The van der Waals surface area contributed by atoms with Crippen LogP contribution in [0.25, 0.3) is 16.7 Å². The minimum absolute atomic E-state index is 0.107. The van der Waals surface area contributed by atoms with Crippen molar-refractivity contribution in [3.63, 3.8) is 0 Å². The average Bonchev–Trinajstić information content (AvgIpc) is 3.50. The molecule has 2 aliphatic heterocycles. The highest BCUT2D eigenvalue weighted by molar-refractivity contribution is 7.99. The first-order valence-electron chi connectivity index (χ1n) is 12.3. The van der Waals surface area contributed by atoms with Gasteiger partial charge >= 0.3 is 0 Å². The normalized spacial score (nSPS) is 18.0. The number of hydrogen-bond acceptors (Lipinski definition) is 6. The van der Waals surface area contributed by atoms with Gasteiger partial charge in [0.15, 0.2) is 10.8 Å². The van der Waals surface area contributed by atoms with E-state index < -0.39 is 0 Å². The third-order valence-electron chi connectivity index (χ3n) is 7.10. The molecule has 4 aromatic rings. The molecule has 184 valence electrons. The number of fused-ring (bicyclic) bond motifs is 2. The minimum atomic E-state index is -0.189. The Morgan fingerprint density at radius 2 is 1.78 bits per heavy atom. The molecule has 0 bridgehead atoms. The first-order valence-corrected chi connectivity index (χ1v) is 13.3. The van der Waals surface area contributed by atoms with E-state index in [1.54, 1.807) is 15.4 Å². The number of rotatable bonds is 5. The van der Waals surface area contributed by atoms with Gasteiger partial charge < -0.3 is 4.90 Å². The second kappa shape index (κ2) is 9.55. The highest BCUT2D eigenvalue weighted by atomic mass is 32.2. The first-order chi connectivity index (χ1) is 17.6. The molecule has 36 heavy (non-hydrogen) atoms. The summed E-state index contributed by atoms with van der Waals surface area (Å²) in [6, 6.07) is 18.2. The van der Waals surface area contributed by atoms with Gasteiger partial charge in [-0.2, -0.15) is 5.10 Å². The number of benzene rings is 2. The van der Waals surface area contributed by atoms with Crippen LogP contribution in [-0.4, -0.2) is 67.0 Å². The van der Waals surface area contributed by atoms with Crippen LogP contribution < -0.4 is 5.56 Å². The number of carbonyl (C=O) groups excluding carboxylic acids is 1. The number of amides is 1. The van der Waals surface area contributed by atoms with Gasteiger partial charge in [-0.15, -0.1) is 0 Å². The summed E-state index contributed by atoms with van der Waals surface area (Å²) in [6.07, 6.45) is 1.91. The Bertz CT molecular complexity index is 1470. The van der Waals surface area contributed by atoms with Crippen molar-refractivity contribution in [3.8, 4) is 5.69 Å². The quantitative estimate of drug-likeness (QED) is 0.392. The van der Waals surface area contributed by atoms with Gasteiger partial charge in [-0.05, 0) is 24.1 Å². The van der Waals surface area contributed by atoms with Gasteiger partial charge in [0.25, 0.3) is 5.56 Å². The topological polar surface area (TPSA) is 76.3 Å². The van der Waals surface area contributed by atoms with Crippen molar-refractivity contribution in [1.29, 1.82) is 0 Å². The molecule has 2 aliphatic rings. The molecule has 1 amide bonds. The molecule has 0 saturated carbocycles. The average molecular weight is 501 g/mol. The van der Waals surface area contributed by atoms with Crippen LogP contribution in [0.2, 0.25) is 0 Å². The van der Waals surface area contributed by atoms with E-state index in [2.05, 4.69) is 34.3 Å². The number of piperazine rings is 1. The standard InChI is InChI=1S/C27H28N6O2S/c1-19-7-5-6-10-23(19)33-25-22(16-28-33)26(35)32-21(18-36-27(32)29-25)15-24(34)31-13-11-30(12-14-31)17-20-8-3-2-4-9-20/h2-10,16,21H,11-15,17-18H2,1H3. The molecule has 0 N–H and O–H groups in total. The predicted molar refractivity (Wildman–Crippen MR) is 141 cm³/mol. The van der Waals surface area contributed by atoms with Crippen LogP contribution in [0.1, 0.15) is 23.6 Å². The molecule has 4 heterocycles. The van der Waals surface area contributed by atoms with E-state index >= 15 is 0 Å². The Labute approximate surface area is 213 Å². The smallest absolute Gasteiger partial charge is 0.265 e. The van der Waals surface area contributed by atoms with E-state index in [1.807, 2.05) is 42.2 Å². The summed E-state index contributed by atoms with van der Waals surface area (Å²) in [6.45, 7) is 6.07. The van der Waals surface area contributed by atoms with Gasteiger partial charge in [0, 0.05) is 44.9 Å². The zero-order chi connectivity index (χ0) is 24.6. The first kappa shape index (κ1) is 23.0. The molecule has 1 saturated heterocycles. The molecule has 0 spiro atoms. The molecule has 1 unspecified atom stereocenters. The highest BCUT2D eigenvalue weighted by Crippen LogP contribution is 2.34. The van der Waals surface area contributed by atoms with Crippen LogP contribution >= 0.6 is 11.8 Å². The zero-order valence-corrected chi connectivity index (χ0v) is 21.0. The zero-order valence-electron chi connectivity index (χ0n) is 20.2. The maximum atomic E-state index is 13.5. The Morgan fingerprint density at radius 1 is 1.03 bits per heavy atom.